The Bertz CT molecular complexity index is 1320. The third kappa shape index (κ3) is 6.93. The van der Waals surface area contributed by atoms with E-state index < -0.39 is 5.82 Å². The number of aromatic amines is 1. The zero-order chi connectivity index (χ0) is 27.9. The molecular formula is C29H34FN5O4S. The first-order valence-electron chi connectivity index (χ1n) is 13.7. The zero-order valence-electron chi connectivity index (χ0n) is 22.5. The average molecular weight is 568 g/mol. The molecule has 2 amide bonds. The molecule has 9 nitrogen and oxygen atoms in total. The van der Waals surface area contributed by atoms with Crippen LogP contribution in [-0.4, -0.2) is 64.3 Å². The molecule has 0 radical (unpaired) electrons. The van der Waals surface area contributed by atoms with Crippen LogP contribution in [-0.2, 0) is 0 Å². The fourth-order valence-electron chi connectivity index (χ4n) is 5.17. The molecule has 3 aromatic rings. The van der Waals surface area contributed by atoms with E-state index in [-0.39, 0.29) is 41.3 Å². The van der Waals surface area contributed by atoms with Crippen LogP contribution in [0.3, 0.4) is 0 Å². The molecule has 2 aromatic heterocycles. The Morgan fingerprint density at radius 2 is 1.85 bits per heavy atom. The number of carbonyl (C=O) groups is 2. The van der Waals surface area contributed by atoms with Crippen molar-refractivity contribution >= 4 is 23.6 Å². The summed E-state index contributed by atoms with van der Waals surface area (Å²) in [4.78, 5) is 29.8. The molecule has 2 fully saturated rings. The fraction of sp³-hybridized carbons (Fsp3) is 0.448. The summed E-state index contributed by atoms with van der Waals surface area (Å²) >= 11 is 1.88. The zero-order valence-corrected chi connectivity index (χ0v) is 23.3. The number of para-hydroxylation sites is 1. The molecule has 2 aliphatic rings. The quantitative estimate of drug-likeness (QED) is 0.346. The van der Waals surface area contributed by atoms with E-state index in [4.69, 9.17) is 9.47 Å². The van der Waals surface area contributed by atoms with Gasteiger partial charge in [-0.05, 0) is 80.2 Å². The first kappa shape index (κ1) is 27.9. The molecule has 5 rings (SSSR count). The Morgan fingerprint density at radius 3 is 2.62 bits per heavy atom. The molecule has 3 N–H and O–H groups in total. The third-order valence-corrected chi connectivity index (χ3v) is 8.50. The van der Waals surface area contributed by atoms with Crippen LogP contribution in [0.4, 0.5) is 4.39 Å². The summed E-state index contributed by atoms with van der Waals surface area (Å²) in [6, 6.07) is 10.5. The summed E-state index contributed by atoms with van der Waals surface area (Å²) in [5, 5.41) is 13.2. The highest BCUT2D eigenvalue weighted by molar-refractivity contribution is 7.99. The summed E-state index contributed by atoms with van der Waals surface area (Å²) in [5.74, 6) is 2.00. The highest BCUT2D eigenvalue weighted by Gasteiger charge is 2.26. The second-order valence-electron chi connectivity index (χ2n) is 10.2. The number of carbonyl (C=O) groups excluding carboxylic acids is 2. The average Bonchev–Trinajstić information content (AvgIpc) is 3.48. The van der Waals surface area contributed by atoms with Gasteiger partial charge >= 0.3 is 0 Å². The molecule has 0 spiro atoms. The number of hydrogen-bond acceptors (Lipinski definition) is 7. The van der Waals surface area contributed by atoms with Gasteiger partial charge in [-0.3, -0.25) is 14.7 Å². The molecule has 0 bridgehead atoms. The number of nitrogens with one attached hydrogen (secondary N) is 3. The monoisotopic (exact) mass is 567 g/mol. The molecule has 1 aliphatic carbocycles. The molecule has 0 atom stereocenters. The number of pyridine rings is 1. The maximum atomic E-state index is 13.9. The van der Waals surface area contributed by atoms with Crippen LogP contribution in [0, 0.1) is 11.7 Å². The molecule has 0 unspecified atom stereocenters. The number of halogens is 1. The molecular weight excluding hydrogens is 533 g/mol. The number of hydrogen-bond donors (Lipinski definition) is 3. The number of amides is 2. The Kier molecular flexibility index (Phi) is 9.20. The molecule has 1 aliphatic heterocycles. The lowest BCUT2D eigenvalue weighted by atomic mass is 9.86. The van der Waals surface area contributed by atoms with Gasteiger partial charge in [-0.1, -0.05) is 12.1 Å². The van der Waals surface area contributed by atoms with Gasteiger partial charge in [0.1, 0.15) is 28.9 Å². The van der Waals surface area contributed by atoms with Gasteiger partial charge in [-0.25, -0.2) is 9.37 Å². The van der Waals surface area contributed by atoms with Gasteiger partial charge in [-0.2, -0.15) is 16.9 Å². The number of H-pyrrole nitrogens is 1. The van der Waals surface area contributed by atoms with Crippen molar-refractivity contribution in [1.29, 1.82) is 0 Å². The summed E-state index contributed by atoms with van der Waals surface area (Å²) < 4.78 is 25.3. The lowest BCUT2D eigenvalue weighted by Crippen LogP contribution is -2.40. The predicted molar refractivity (Wildman–Crippen MR) is 151 cm³/mol. The molecule has 212 valence electrons. The van der Waals surface area contributed by atoms with Crippen LogP contribution in [0.2, 0.25) is 0 Å². The Hall–Kier alpha value is -3.60. The van der Waals surface area contributed by atoms with E-state index in [2.05, 4.69) is 25.8 Å². The van der Waals surface area contributed by atoms with Crippen molar-refractivity contribution in [3.8, 4) is 22.9 Å². The number of nitrogens with zero attached hydrogens (tertiary/aromatic N) is 2. The van der Waals surface area contributed by atoms with Gasteiger partial charge in [0.05, 0.1) is 19.0 Å². The van der Waals surface area contributed by atoms with E-state index in [0.29, 0.717) is 23.7 Å². The fourth-order valence-corrected chi connectivity index (χ4v) is 6.24. The van der Waals surface area contributed by atoms with Crippen LogP contribution in [0.5, 0.6) is 11.6 Å². The number of rotatable bonds is 9. The van der Waals surface area contributed by atoms with Crippen LogP contribution in [0.15, 0.2) is 42.6 Å². The van der Waals surface area contributed by atoms with Crippen molar-refractivity contribution in [2.45, 2.75) is 50.7 Å². The minimum atomic E-state index is -0.569. The Labute approximate surface area is 237 Å². The summed E-state index contributed by atoms with van der Waals surface area (Å²) in [6.07, 6.45) is 6.15. The summed E-state index contributed by atoms with van der Waals surface area (Å²) in [6.45, 7) is 0.471. The van der Waals surface area contributed by atoms with Crippen molar-refractivity contribution in [2.24, 2.45) is 5.92 Å². The minimum Gasteiger partial charge on any atom is -0.496 e. The topological polar surface area (TPSA) is 118 Å². The SMILES string of the molecule is COc1ccccc1-c1cc(C(=O)NC2CCC(CNC(=O)c3cc(F)cnc3OC3CCSCC3)CC2)[nH]n1. The van der Waals surface area contributed by atoms with Crippen LogP contribution in [0.25, 0.3) is 11.3 Å². The van der Waals surface area contributed by atoms with E-state index >= 15 is 0 Å². The van der Waals surface area contributed by atoms with E-state index in [9.17, 15) is 14.0 Å². The Morgan fingerprint density at radius 1 is 1.07 bits per heavy atom. The predicted octanol–water partition coefficient (Wildman–Crippen LogP) is 4.61. The van der Waals surface area contributed by atoms with Gasteiger partial charge in [0.2, 0.25) is 5.88 Å². The lowest BCUT2D eigenvalue weighted by Gasteiger charge is -2.29. The van der Waals surface area contributed by atoms with Crippen LogP contribution < -0.4 is 20.1 Å². The van der Waals surface area contributed by atoms with Crippen molar-refractivity contribution in [3.63, 3.8) is 0 Å². The van der Waals surface area contributed by atoms with Gasteiger partial charge < -0.3 is 20.1 Å². The van der Waals surface area contributed by atoms with Crippen molar-refractivity contribution in [3.05, 3.63) is 59.7 Å². The molecule has 1 saturated heterocycles. The summed E-state index contributed by atoms with van der Waals surface area (Å²) in [7, 11) is 1.60. The summed E-state index contributed by atoms with van der Waals surface area (Å²) in [5.41, 5.74) is 1.97. The van der Waals surface area contributed by atoms with Gasteiger partial charge in [0, 0.05) is 18.2 Å². The van der Waals surface area contributed by atoms with E-state index in [0.717, 1.165) is 61.8 Å². The number of thioether (sulfide) groups is 1. The molecule has 1 aromatic carbocycles. The molecule has 11 heteroatoms. The highest BCUT2D eigenvalue weighted by Crippen LogP contribution is 2.29. The van der Waals surface area contributed by atoms with Gasteiger partial charge in [-0.15, -0.1) is 0 Å². The standard InChI is InChI=1S/C29H34FN5O4S/c1-38-26-5-3-2-4-22(26)24-15-25(35-34-24)28(37)33-20-8-6-18(7-9-20)16-31-27(36)23-14-19(30)17-32-29(23)39-21-10-12-40-13-11-21/h2-5,14-15,17-18,20-21H,6-13,16H2,1H3,(H,31,36)(H,33,37)(H,34,35). The largest absolute Gasteiger partial charge is 0.496 e. The molecule has 3 heterocycles. The number of aromatic nitrogens is 3. The van der Waals surface area contributed by atoms with Gasteiger partial charge in [0.15, 0.2) is 0 Å². The smallest absolute Gasteiger partial charge is 0.269 e. The van der Waals surface area contributed by atoms with E-state index in [1.54, 1.807) is 13.2 Å². The van der Waals surface area contributed by atoms with Crippen molar-refractivity contribution in [1.82, 2.24) is 25.8 Å². The van der Waals surface area contributed by atoms with E-state index in [1.165, 1.54) is 6.07 Å². The maximum absolute atomic E-state index is 13.9. The molecule has 40 heavy (non-hydrogen) atoms. The van der Waals surface area contributed by atoms with Crippen molar-refractivity contribution in [2.75, 3.05) is 25.2 Å². The third-order valence-electron chi connectivity index (χ3n) is 7.45. The minimum absolute atomic E-state index is 0.00855. The normalized spacial score (nSPS) is 19.6. The van der Waals surface area contributed by atoms with Crippen LogP contribution in [0.1, 0.15) is 59.4 Å². The maximum Gasteiger partial charge on any atom is 0.269 e. The number of ether oxygens (including phenoxy) is 2. The highest BCUT2D eigenvalue weighted by atomic mass is 32.2. The second kappa shape index (κ2) is 13.2. The Balaban J connectivity index is 1.10. The van der Waals surface area contributed by atoms with E-state index in [1.807, 2.05) is 36.0 Å². The van der Waals surface area contributed by atoms with Crippen molar-refractivity contribution < 1.29 is 23.5 Å². The van der Waals surface area contributed by atoms with Crippen LogP contribution >= 0.6 is 11.8 Å². The first-order chi connectivity index (χ1) is 19.5. The van der Waals surface area contributed by atoms with Gasteiger partial charge in [0.25, 0.3) is 11.8 Å². The molecule has 1 saturated carbocycles. The number of methoxy groups -OCH3 is 1. The first-order valence-corrected chi connectivity index (χ1v) is 14.8. The lowest BCUT2D eigenvalue weighted by molar-refractivity contribution is 0.0914. The second-order valence-corrected chi connectivity index (χ2v) is 11.4. The number of benzene rings is 1.